The van der Waals surface area contributed by atoms with Crippen molar-refractivity contribution < 1.29 is 14.3 Å². The zero-order valence-corrected chi connectivity index (χ0v) is 19.1. The van der Waals surface area contributed by atoms with Crippen LogP contribution in [-0.2, 0) is 11.4 Å². The second-order valence-corrected chi connectivity index (χ2v) is 7.83. The highest BCUT2D eigenvalue weighted by molar-refractivity contribution is 6.42. The lowest BCUT2D eigenvalue weighted by molar-refractivity contribution is -0.112. The van der Waals surface area contributed by atoms with Crippen LogP contribution in [0.25, 0.3) is 6.08 Å². The third kappa shape index (κ3) is 6.18. The van der Waals surface area contributed by atoms with Crippen molar-refractivity contribution in [2.45, 2.75) is 6.61 Å². The first-order valence-electron chi connectivity index (χ1n) is 9.33. The number of nitrogens with one attached hydrogen (secondary N) is 1. The molecule has 3 rings (SSSR count). The van der Waals surface area contributed by atoms with Crippen LogP contribution in [0.15, 0.2) is 66.2 Å². The van der Waals surface area contributed by atoms with E-state index in [9.17, 15) is 10.1 Å². The van der Waals surface area contributed by atoms with E-state index in [0.29, 0.717) is 37.8 Å². The first-order valence-corrected chi connectivity index (χ1v) is 10.5. The second-order valence-electron chi connectivity index (χ2n) is 6.58. The second kappa shape index (κ2) is 10.9. The molecule has 0 aromatic heterocycles. The summed E-state index contributed by atoms with van der Waals surface area (Å²) in [6.07, 6.45) is 1.47. The molecule has 0 radical (unpaired) electrons. The number of hydrogen-bond donors (Lipinski definition) is 1. The number of hydrogen-bond acceptors (Lipinski definition) is 4. The summed E-state index contributed by atoms with van der Waals surface area (Å²) in [5.41, 5.74) is 1.92. The van der Waals surface area contributed by atoms with Crippen LogP contribution in [0.4, 0.5) is 5.69 Å². The number of carbonyl (C=O) groups is 1. The summed E-state index contributed by atoms with van der Waals surface area (Å²) >= 11 is 17.8. The van der Waals surface area contributed by atoms with Gasteiger partial charge in [0.15, 0.2) is 11.5 Å². The lowest BCUT2D eigenvalue weighted by Crippen LogP contribution is -2.13. The maximum atomic E-state index is 12.5. The minimum atomic E-state index is -0.534. The molecule has 32 heavy (non-hydrogen) atoms. The molecule has 8 heteroatoms. The van der Waals surface area contributed by atoms with E-state index in [1.165, 1.54) is 13.2 Å². The van der Waals surface area contributed by atoms with Crippen LogP contribution in [0.2, 0.25) is 15.1 Å². The van der Waals surface area contributed by atoms with Crippen molar-refractivity contribution in [3.8, 4) is 17.6 Å². The predicted molar refractivity (Wildman–Crippen MR) is 127 cm³/mol. The smallest absolute Gasteiger partial charge is 0.266 e. The maximum Gasteiger partial charge on any atom is 0.266 e. The van der Waals surface area contributed by atoms with Gasteiger partial charge in [-0.25, -0.2) is 0 Å². The van der Waals surface area contributed by atoms with E-state index in [-0.39, 0.29) is 12.2 Å². The van der Waals surface area contributed by atoms with Gasteiger partial charge in [-0.3, -0.25) is 4.79 Å². The summed E-state index contributed by atoms with van der Waals surface area (Å²) in [6, 6.07) is 18.9. The molecule has 0 fully saturated rings. The Morgan fingerprint density at radius 1 is 1.00 bits per heavy atom. The summed E-state index contributed by atoms with van der Waals surface area (Å²) in [4.78, 5) is 12.5. The molecular weight excluding hydrogens is 471 g/mol. The monoisotopic (exact) mass is 486 g/mol. The van der Waals surface area contributed by atoms with Crippen molar-refractivity contribution in [3.63, 3.8) is 0 Å². The Kier molecular flexibility index (Phi) is 8.02. The van der Waals surface area contributed by atoms with Gasteiger partial charge in [-0.05, 0) is 65.7 Å². The Balaban J connectivity index is 1.74. The molecule has 1 N–H and O–H groups in total. The highest BCUT2D eigenvalue weighted by Gasteiger charge is 2.12. The Labute approximate surface area is 200 Å². The van der Waals surface area contributed by atoms with Crippen LogP contribution in [0.1, 0.15) is 11.1 Å². The molecule has 0 heterocycles. The highest BCUT2D eigenvalue weighted by Crippen LogP contribution is 2.30. The van der Waals surface area contributed by atoms with E-state index in [1.807, 2.05) is 12.1 Å². The third-order valence-corrected chi connectivity index (χ3v) is 5.34. The van der Waals surface area contributed by atoms with Crippen LogP contribution in [0.5, 0.6) is 11.5 Å². The number of ether oxygens (including phenoxy) is 2. The minimum Gasteiger partial charge on any atom is -0.493 e. The Morgan fingerprint density at radius 3 is 2.41 bits per heavy atom. The number of nitriles is 1. The van der Waals surface area contributed by atoms with Gasteiger partial charge in [0.25, 0.3) is 5.91 Å². The molecule has 0 bridgehead atoms. The van der Waals surface area contributed by atoms with E-state index in [4.69, 9.17) is 44.3 Å². The summed E-state index contributed by atoms with van der Waals surface area (Å²) in [5, 5.41) is 13.6. The SMILES string of the molecule is COc1cc(/C=C(/C#N)C(=O)Nc2ccc(Cl)cc2)ccc1OCc1ccc(Cl)c(Cl)c1. The fraction of sp³-hybridized carbons (Fsp3) is 0.0833. The summed E-state index contributed by atoms with van der Waals surface area (Å²) < 4.78 is 11.2. The molecule has 5 nitrogen and oxygen atoms in total. The first-order chi connectivity index (χ1) is 15.4. The van der Waals surface area contributed by atoms with Gasteiger partial charge in [0, 0.05) is 10.7 Å². The third-order valence-electron chi connectivity index (χ3n) is 4.34. The van der Waals surface area contributed by atoms with Gasteiger partial charge in [0.1, 0.15) is 18.2 Å². The fourth-order valence-electron chi connectivity index (χ4n) is 2.73. The first kappa shape index (κ1) is 23.5. The number of halogens is 3. The average Bonchev–Trinajstić information content (AvgIpc) is 2.80. The van der Waals surface area contributed by atoms with Gasteiger partial charge in [0.2, 0.25) is 0 Å². The molecule has 3 aromatic carbocycles. The molecule has 0 atom stereocenters. The Morgan fingerprint density at radius 2 is 1.75 bits per heavy atom. The molecule has 1 amide bonds. The predicted octanol–water partition coefficient (Wildman–Crippen LogP) is 6.78. The number of amides is 1. The highest BCUT2D eigenvalue weighted by atomic mass is 35.5. The number of benzene rings is 3. The Hall–Kier alpha value is -3.17. The lowest BCUT2D eigenvalue weighted by atomic mass is 10.1. The van der Waals surface area contributed by atoms with Crippen molar-refractivity contribution in [3.05, 3.63) is 92.4 Å². The van der Waals surface area contributed by atoms with Crippen molar-refractivity contribution in [1.29, 1.82) is 5.26 Å². The quantitative estimate of drug-likeness (QED) is 0.294. The molecule has 0 aliphatic heterocycles. The average molecular weight is 488 g/mol. The van der Waals surface area contributed by atoms with Gasteiger partial charge in [-0.1, -0.05) is 46.9 Å². The van der Waals surface area contributed by atoms with E-state index in [2.05, 4.69) is 5.32 Å². The van der Waals surface area contributed by atoms with Gasteiger partial charge < -0.3 is 14.8 Å². The zero-order chi connectivity index (χ0) is 23.1. The summed E-state index contributed by atoms with van der Waals surface area (Å²) in [7, 11) is 1.51. The van der Waals surface area contributed by atoms with Crippen LogP contribution in [0, 0.1) is 11.3 Å². The Bertz CT molecular complexity index is 1200. The normalized spacial score (nSPS) is 10.9. The summed E-state index contributed by atoms with van der Waals surface area (Å²) in [6.45, 7) is 0.259. The van der Waals surface area contributed by atoms with E-state index in [1.54, 1.807) is 54.6 Å². The lowest BCUT2D eigenvalue weighted by Gasteiger charge is -2.12. The number of nitrogens with zero attached hydrogens (tertiary/aromatic N) is 1. The largest absolute Gasteiger partial charge is 0.493 e. The molecule has 3 aromatic rings. The van der Waals surface area contributed by atoms with Gasteiger partial charge in [-0.2, -0.15) is 5.26 Å². The van der Waals surface area contributed by atoms with Crippen LogP contribution in [0.3, 0.4) is 0 Å². The molecule has 162 valence electrons. The van der Waals surface area contributed by atoms with Crippen molar-refractivity contribution in [1.82, 2.24) is 0 Å². The van der Waals surface area contributed by atoms with Gasteiger partial charge in [0.05, 0.1) is 17.2 Å². The minimum absolute atomic E-state index is 0.0634. The van der Waals surface area contributed by atoms with Crippen LogP contribution in [-0.4, -0.2) is 13.0 Å². The van der Waals surface area contributed by atoms with Crippen LogP contribution < -0.4 is 14.8 Å². The molecular formula is C24H17Cl3N2O3. The van der Waals surface area contributed by atoms with E-state index < -0.39 is 5.91 Å². The van der Waals surface area contributed by atoms with E-state index >= 15 is 0 Å². The van der Waals surface area contributed by atoms with Crippen molar-refractivity contribution in [2.75, 3.05) is 12.4 Å². The maximum absolute atomic E-state index is 12.5. The molecule has 0 aliphatic carbocycles. The molecule has 0 saturated heterocycles. The number of rotatable bonds is 7. The summed E-state index contributed by atoms with van der Waals surface area (Å²) in [5.74, 6) is 0.419. The topological polar surface area (TPSA) is 71.3 Å². The molecule has 0 spiro atoms. The standard InChI is InChI=1S/C24H17Cl3N2O3/c1-31-23-12-15(3-9-22(23)32-14-16-2-8-20(26)21(27)11-16)10-17(13-28)24(30)29-19-6-4-18(25)5-7-19/h2-12H,14H2,1H3,(H,29,30)/b17-10-. The number of methoxy groups -OCH3 is 1. The van der Waals surface area contributed by atoms with Gasteiger partial charge in [-0.15, -0.1) is 0 Å². The fourth-order valence-corrected chi connectivity index (χ4v) is 3.18. The molecule has 0 unspecified atom stereocenters. The number of anilines is 1. The van der Waals surface area contributed by atoms with Crippen LogP contribution >= 0.6 is 34.8 Å². The van der Waals surface area contributed by atoms with Gasteiger partial charge >= 0.3 is 0 Å². The molecule has 0 saturated carbocycles. The van der Waals surface area contributed by atoms with Crippen molar-refractivity contribution >= 4 is 52.5 Å². The molecule has 0 aliphatic rings. The van der Waals surface area contributed by atoms with E-state index in [0.717, 1.165) is 5.56 Å². The zero-order valence-electron chi connectivity index (χ0n) is 16.9. The number of carbonyl (C=O) groups excluding carboxylic acids is 1. The van der Waals surface area contributed by atoms with Crippen molar-refractivity contribution in [2.24, 2.45) is 0 Å².